The van der Waals surface area contributed by atoms with Crippen LogP contribution in [0, 0.1) is 0 Å². The molecule has 0 radical (unpaired) electrons. The molecule has 1 atom stereocenters. The number of hydrogen-bond acceptors (Lipinski definition) is 2. The summed E-state index contributed by atoms with van der Waals surface area (Å²) >= 11 is 0. The number of anilines is 1. The minimum Gasteiger partial charge on any atom is -0.392 e. The van der Waals surface area contributed by atoms with Gasteiger partial charge in [0.05, 0.1) is 6.61 Å². The highest BCUT2D eigenvalue weighted by Crippen LogP contribution is 2.18. The summed E-state index contributed by atoms with van der Waals surface area (Å²) in [6.07, 6.45) is 5.13. The van der Waals surface area contributed by atoms with Gasteiger partial charge in [0, 0.05) is 17.3 Å². The van der Waals surface area contributed by atoms with E-state index in [9.17, 15) is 5.11 Å². The summed E-state index contributed by atoms with van der Waals surface area (Å²) in [6, 6.07) is 8.35. The van der Waals surface area contributed by atoms with Crippen molar-refractivity contribution in [1.29, 1.82) is 0 Å². The molecule has 0 aliphatic heterocycles. The van der Waals surface area contributed by atoms with Gasteiger partial charge in [0.2, 0.25) is 0 Å². The smallest absolute Gasteiger partial charge is 0.0701 e. The maximum Gasteiger partial charge on any atom is 0.0701 e. The Morgan fingerprint density at radius 3 is 2.81 bits per heavy atom. The second-order valence-corrected chi connectivity index (χ2v) is 3.93. The fraction of sp³-hybridized carbons (Fsp3) is 0.429. The third-order valence-electron chi connectivity index (χ3n) is 2.76. The van der Waals surface area contributed by atoms with Crippen LogP contribution in [0.4, 0.5) is 5.69 Å². The molecule has 0 aliphatic carbocycles. The summed E-state index contributed by atoms with van der Waals surface area (Å²) in [4.78, 5) is 0. The third kappa shape index (κ3) is 3.70. The van der Waals surface area contributed by atoms with Gasteiger partial charge in [-0.25, -0.2) is 0 Å². The molecule has 0 saturated heterocycles. The first kappa shape index (κ1) is 12.8. The van der Waals surface area contributed by atoms with Crippen molar-refractivity contribution in [2.45, 2.75) is 38.8 Å². The van der Waals surface area contributed by atoms with E-state index >= 15 is 0 Å². The van der Waals surface area contributed by atoms with Crippen LogP contribution in [-0.4, -0.2) is 11.1 Å². The maximum absolute atomic E-state index is 9.22. The number of para-hydroxylation sites is 1. The van der Waals surface area contributed by atoms with Crippen LogP contribution in [-0.2, 0) is 6.61 Å². The van der Waals surface area contributed by atoms with Crippen molar-refractivity contribution >= 4 is 5.69 Å². The molecule has 2 heteroatoms. The molecule has 1 unspecified atom stereocenters. The number of aliphatic hydroxyl groups excluding tert-OH is 1. The number of rotatable bonds is 7. The molecule has 0 amide bonds. The minimum atomic E-state index is 0.0844. The highest BCUT2D eigenvalue weighted by atomic mass is 16.3. The summed E-state index contributed by atoms with van der Waals surface area (Å²) in [7, 11) is 0. The van der Waals surface area contributed by atoms with Gasteiger partial charge < -0.3 is 10.4 Å². The Morgan fingerprint density at radius 1 is 1.44 bits per heavy atom. The first-order valence-corrected chi connectivity index (χ1v) is 5.88. The van der Waals surface area contributed by atoms with Crippen LogP contribution in [0.15, 0.2) is 36.9 Å². The van der Waals surface area contributed by atoms with Crippen molar-refractivity contribution in [3.8, 4) is 0 Å². The van der Waals surface area contributed by atoms with Crippen LogP contribution < -0.4 is 5.32 Å². The van der Waals surface area contributed by atoms with Crippen molar-refractivity contribution in [2.75, 3.05) is 5.32 Å². The molecule has 0 aliphatic rings. The largest absolute Gasteiger partial charge is 0.392 e. The first-order valence-electron chi connectivity index (χ1n) is 5.88. The Bertz CT molecular complexity index is 322. The van der Waals surface area contributed by atoms with E-state index in [1.165, 1.54) is 0 Å². The molecule has 0 spiro atoms. The third-order valence-corrected chi connectivity index (χ3v) is 2.76. The zero-order valence-corrected chi connectivity index (χ0v) is 9.95. The van der Waals surface area contributed by atoms with E-state index in [2.05, 4.69) is 18.8 Å². The molecule has 0 saturated carbocycles. The number of allylic oxidation sites excluding steroid dienone is 1. The van der Waals surface area contributed by atoms with Crippen molar-refractivity contribution in [2.24, 2.45) is 0 Å². The van der Waals surface area contributed by atoms with Gasteiger partial charge in [-0.1, -0.05) is 31.2 Å². The Kier molecular flexibility index (Phi) is 5.65. The maximum atomic E-state index is 9.22. The predicted octanol–water partition coefficient (Wildman–Crippen LogP) is 3.34. The van der Waals surface area contributed by atoms with E-state index in [0.717, 1.165) is 30.5 Å². The van der Waals surface area contributed by atoms with Crippen LogP contribution in [0.3, 0.4) is 0 Å². The molecule has 0 fully saturated rings. The van der Waals surface area contributed by atoms with Crippen molar-refractivity contribution in [3.05, 3.63) is 42.5 Å². The molecule has 1 rings (SSSR count). The summed E-state index contributed by atoms with van der Waals surface area (Å²) < 4.78 is 0. The fourth-order valence-electron chi connectivity index (χ4n) is 1.72. The van der Waals surface area contributed by atoms with Crippen molar-refractivity contribution in [3.63, 3.8) is 0 Å². The monoisotopic (exact) mass is 219 g/mol. The lowest BCUT2D eigenvalue weighted by Crippen LogP contribution is -2.19. The average Bonchev–Trinajstić information content (AvgIpc) is 2.34. The van der Waals surface area contributed by atoms with Crippen LogP contribution in [0.2, 0.25) is 0 Å². The number of benzene rings is 1. The topological polar surface area (TPSA) is 32.3 Å². The van der Waals surface area contributed by atoms with Gasteiger partial charge >= 0.3 is 0 Å². The van der Waals surface area contributed by atoms with E-state index in [4.69, 9.17) is 0 Å². The van der Waals surface area contributed by atoms with Gasteiger partial charge in [0.25, 0.3) is 0 Å². The Labute approximate surface area is 98.0 Å². The first-order chi connectivity index (χ1) is 7.81. The van der Waals surface area contributed by atoms with Crippen molar-refractivity contribution in [1.82, 2.24) is 0 Å². The Hall–Kier alpha value is -1.28. The van der Waals surface area contributed by atoms with E-state index in [1.807, 2.05) is 30.3 Å². The van der Waals surface area contributed by atoms with Crippen LogP contribution in [0.25, 0.3) is 0 Å². The van der Waals surface area contributed by atoms with E-state index in [0.29, 0.717) is 6.04 Å². The molecule has 0 aromatic heterocycles. The molecular weight excluding hydrogens is 198 g/mol. The summed E-state index contributed by atoms with van der Waals surface area (Å²) in [5, 5.41) is 12.7. The Balaban J connectivity index is 2.65. The van der Waals surface area contributed by atoms with E-state index in [-0.39, 0.29) is 6.61 Å². The molecule has 0 heterocycles. The molecule has 1 aromatic rings. The van der Waals surface area contributed by atoms with Crippen molar-refractivity contribution < 1.29 is 5.11 Å². The lowest BCUT2D eigenvalue weighted by Gasteiger charge is -2.19. The molecule has 2 nitrogen and oxygen atoms in total. The second kappa shape index (κ2) is 7.07. The molecule has 16 heavy (non-hydrogen) atoms. The van der Waals surface area contributed by atoms with Gasteiger partial charge in [-0.3, -0.25) is 0 Å². The summed E-state index contributed by atoms with van der Waals surface area (Å²) in [6.45, 7) is 5.99. The van der Waals surface area contributed by atoms with Crippen LogP contribution >= 0.6 is 0 Å². The van der Waals surface area contributed by atoms with Gasteiger partial charge in [-0.05, 0) is 25.3 Å². The average molecular weight is 219 g/mol. The number of aliphatic hydroxyl groups is 1. The highest BCUT2D eigenvalue weighted by Gasteiger charge is 2.07. The molecule has 2 N–H and O–H groups in total. The van der Waals surface area contributed by atoms with Gasteiger partial charge in [0.1, 0.15) is 0 Å². The molecule has 0 bridgehead atoms. The minimum absolute atomic E-state index is 0.0844. The zero-order valence-electron chi connectivity index (χ0n) is 9.95. The molecular formula is C14H21NO. The summed E-state index contributed by atoms with van der Waals surface area (Å²) in [5.74, 6) is 0. The van der Waals surface area contributed by atoms with Gasteiger partial charge in [0.15, 0.2) is 0 Å². The van der Waals surface area contributed by atoms with E-state index < -0.39 is 0 Å². The van der Waals surface area contributed by atoms with E-state index in [1.54, 1.807) is 0 Å². The standard InChI is InChI=1S/C14H21NO/c1-3-5-9-13(4-2)15-14-10-7-6-8-12(14)11-16/h3,6-8,10,13,15-16H,1,4-5,9,11H2,2H3. The quantitative estimate of drug-likeness (QED) is 0.689. The SMILES string of the molecule is C=CCCC(CC)Nc1ccccc1CO. The summed E-state index contributed by atoms with van der Waals surface area (Å²) in [5.41, 5.74) is 2.00. The lowest BCUT2D eigenvalue weighted by molar-refractivity contribution is 0.282. The van der Waals surface area contributed by atoms with Crippen LogP contribution in [0.1, 0.15) is 31.7 Å². The zero-order chi connectivity index (χ0) is 11.8. The normalized spacial score (nSPS) is 12.1. The number of hydrogen-bond donors (Lipinski definition) is 2. The molecule has 88 valence electrons. The predicted molar refractivity (Wildman–Crippen MR) is 69.5 cm³/mol. The fourth-order valence-corrected chi connectivity index (χ4v) is 1.72. The molecule has 1 aromatic carbocycles. The Morgan fingerprint density at radius 2 is 2.19 bits per heavy atom. The number of nitrogens with one attached hydrogen (secondary N) is 1. The van der Waals surface area contributed by atoms with Crippen LogP contribution in [0.5, 0.6) is 0 Å². The van der Waals surface area contributed by atoms with Gasteiger partial charge in [-0.2, -0.15) is 0 Å². The highest BCUT2D eigenvalue weighted by molar-refractivity contribution is 5.51. The van der Waals surface area contributed by atoms with Gasteiger partial charge in [-0.15, -0.1) is 6.58 Å². The second-order valence-electron chi connectivity index (χ2n) is 3.93. The lowest BCUT2D eigenvalue weighted by atomic mass is 10.1.